The van der Waals surface area contributed by atoms with Crippen molar-refractivity contribution in [3.8, 4) is 11.1 Å². The summed E-state index contributed by atoms with van der Waals surface area (Å²) in [5.41, 5.74) is 3.47. The standard InChI is InChI=1S/C24H32N2O5/c1-16(28)22(21(29)15-27)25-13-17-5-9-19(10-6-17)20-11-7-18(8-12-20)14-26-23(30)31-24(2,3)4/h5-12,16,22,25,27-28H,13-15H2,1-4H3,(H,26,30)/t16-,22+/m1/s1. The average molecular weight is 429 g/mol. The van der Waals surface area contributed by atoms with Crippen molar-refractivity contribution in [2.75, 3.05) is 6.61 Å². The van der Waals surface area contributed by atoms with Gasteiger partial charge in [-0.25, -0.2) is 4.79 Å². The van der Waals surface area contributed by atoms with Crippen molar-refractivity contribution >= 4 is 11.9 Å². The Morgan fingerprint density at radius 2 is 1.42 bits per heavy atom. The highest BCUT2D eigenvalue weighted by Gasteiger charge is 2.22. The second kappa shape index (κ2) is 11.0. The van der Waals surface area contributed by atoms with Crippen LogP contribution >= 0.6 is 0 Å². The monoisotopic (exact) mass is 428 g/mol. The summed E-state index contributed by atoms with van der Waals surface area (Å²) in [4.78, 5) is 23.4. The number of ketones is 1. The van der Waals surface area contributed by atoms with Crippen LogP contribution in [0, 0.1) is 0 Å². The maximum atomic E-state index is 11.8. The fraction of sp³-hybridized carbons (Fsp3) is 0.417. The Morgan fingerprint density at radius 3 is 1.84 bits per heavy atom. The second-order valence-electron chi connectivity index (χ2n) is 8.47. The van der Waals surface area contributed by atoms with E-state index in [9.17, 15) is 14.7 Å². The Morgan fingerprint density at radius 1 is 0.935 bits per heavy atom. The maximum Gasteiger partial charge on any atom is 0.407 e. The number of aliphatic hydroxyl groups is 2. The van der Waals surface area contributed by atoms with Crippen LogP contribution in [0.15, 0.2) is 48.5 Å². The average Bonchev–Trinajstić information content (AvgIpc) is 2.71. The van der Waals surface area contributed by atoms with E-state index in [0.717, 1.165) is 22.3 Å². The van der Waals surface area contributed by atoms with Gasteiger partial charge in [-0.05, 0) is 49.9 Å². The number of aliphatic hydroxyl groups excluding tert-OH is 2. The van der Waals surface area contributed by atoms with Gasteiger partial charge in [-0.1, -0.05) is 48.5 Å². The lowest BCUT2D eigenvalue weighted by Gasteiger charge is -2.19. The first-order valence-corrected chi connectivity index (χ1v) is 10.3. The third-order valence-electron chi connectivity index (χ3n) is 4.59. The molecule has 4 N–H and O–H groups in total. The van der Waals surface area contributed by atoms with Gasteiger partial charge in [-0.3, -0.25) is 4.79 Å². The van der Waals surface area contributed by atoms with Crippen molar-refractivity contribution in [3.05, 3.63) is 59.7 Å². The summed E-state index contributed by atoms with van der Waals surface area (Å²) in [6.07, 6.45) is -1.33. The van der Waals surface area contributed by atoms with E-state index in [1.165, 1.54) is 6.92 Å². The molecule has 0 heterocycles. The van der Waals surface area contributed by atoms with Gasteiger partial charge in [-0.2, -0.15) is 0 Å². The van der Waals surface area contributed by atoms with Crippen molar-refractivity contribution in [3.63, 3.8) is 0 Å². The first-order chi connectivity index (χ1) is 14.6. The predicted molar refractivity (Wildman–Crippen MR) is 119 cm³/mol. The van der Waals surface area contributed by atoms with Crippen molar-refractivity contribution < 1.29 is 24.5 Å². The molecule has 0 aliphatic heterocycles. The molecule has 7 nitrogen and oxygen atoms in total. The molecule has 7 heteroatoms. The van der Waals surface area contributed by atoms with Crippen molar-refractivity contribution in [2.24, 2.45) is 0 Å². The number of Topliss-reactive ketones (excluding diaryl/α,β-unsaturated/α-hetero) is 1. The SMILES string of the molecule is C[C@@H](O)[C@H](NCc1ccc(-c2ccc(CNC(=O)OC(C)(C)C)cc2)cc1)C(=O)CO. The number of alkyl carbamates (subject to hydrolysis) is 1. The second-order valence-corrected chi connectivity index (χ2v) is 8.47. The molecule has 2 atom stereocenters. The molecule has 0 radical (unpaired) electrons. The van der Waals surface area contributed by atoms with E-state index in [4.69, 9.17) is 9.84 Å². The highest BCUT2D eigenvalue weighted by molar-refractivity contribution is 5.85. The summed E-state index contributed by atoms with van der Waals surface area (Å²) in [6.45, 7) is 7.16. The summed E-state index contributed by atoms with van der Waals surface area (Å²) in [5, 5.41) is 24.4. The van der Waals surface area contributed by atoms with Gasteiger partial charge in [0.1, 0.15) is 12.2 Å². The van der Waals surface area contributed by atoms with Crippen LogP contribution in [0.3, 0.4) is 0 Å². The van der Waals surface area contributed by atoms with Gasteiger partial charge in [-0.15, -0.1) is 0 Å². The van der Waals surface area contributed by atoms with Crippen LogP contribution < -0.4 is 10.6 Å². The number of rotatable bonds is 9. The molecule has 2 rings (SSSR count). The largest absolute Gasteiger partial charge is 0.444 e. The Bertz CT molecular complexity index is 855. The lowest BCUT2D eigenvalue weighted by atomic mass is 10.0. The van der Waals surface area contributed by atoms with Gasteiger partial charge in [0.25, 0.3) is 0 Å². The van der Waals surface area contributed by atoms with Crippen LogP contribution in [0.2, 0.25) is 0 Å². The Balaban J connectivity index is 1.92. The van der Waals surface area contributed by atoms with Crippen molar-refractivity contribution in [1.29, 1.82) is 0 Å². The number of nitrogens with one attached hydrogen (secondary N) is 2. The van der Waals surface area contributed by atoms with Gasteiger partial charge >= 0.3 is 6.09 Å². The lowest BCUT2D eigenvalue weighted by molar-refractivity contribution is -0.126. The molecule has 0 aliphatic carbocycles. The zero-order chi connectivity index (χ0) is 23.0. The van der Waals surface area contributed by atoms with E-state index in [0.29, 0.717) is 13.1 Å². The zero-order valence-corrected chi connectivity index (χ0v) is 18.5. The molecule has 2 aromatic carbocycles. The number of amides is 1. The van der Waals surface area contributed by atoms with E-state index in [1.807, 2.05) is 69.3 Å². The summed E-state index contributed by atoms with van der Waals surface area (Å²) >= 11 is 0. The lowest BCUT2D eigenvalue weighted by Crippen LogP contribution is -2.45. The van der Waals surface area contributed by atoms with E-state index < -0.39 is 36.2 Å². The van der Waals surface area contributed by atoms with Crippen molar-refractivity contribution in [1.82, 2.24) is 10.6 Å². The fourth-order valence-electron chi connectivity index (χ4n) is 3.00. The molecule has 168 valence electrons. The predicted octanol–water partition coefficient (Wildman–Crippen LogP) is 2.78. The Labute approximate surface area is 183 Å². The van der Waals surface area contributed by atoms with Crippen LogP contribution in [-0.2, 0) is 22.6 Å². The van der Waals surface area contributed by atoms with E-state index in [-0.39, 0.29) is 0 Å². The molecule has 1 amide bonds. The number of benzene rings is 2. The minimum atomic E-state index is -0.887. The summed E-state index contributed by atoms with van der Waals surface area (Å²) in [7, 11) is 0. The van der Waals surface area contributed by atoms with Crippen LogP contribution in [0.25, 0.3) is 11.1 Å². The van der Waals surface area contributed by atoms with Crippen LogP contribution in [0.4, 0.5) is 4.79 Å². The van der Waals surface area contributed by atoms with E-state index >= 15 is 0 Å². The Kier molecular flexibility index (Phi) is 8.74. The van der Waals surface area contributed by atoms with Gasteiger partial charge in [0.15, 0.2) is 5.78 Å². The van der Waals surface area contributed by atoms with Crippen molar-refractivity contribution in [2.45, 2.75) is 58.5 Å². The molecule has 0 spiro atoms. The van der Waals surface area contributed by atoms with Gasteiger partial charge in [0.2, 0.25) is 0 Å². The minimum Gasteiger partial charge on any atom is -0.444 e. The van der Waals surface area contributed by atoms with E-state index in [1.54, 1.807) is 0 Å². The molecule has 0 saturated heterocycles. The zero-order valence-electron chi connectivity index (χ0n) is 18.5. The summed E-state index contributed by atoms with van der Waals surface area (Å²) in [6, 6.07) is 14.9. The fourth-order valence-corrected chi connectivity index (χ4v) is 3.00. The highest BCUT2D eigenvalue weighted by Crippen LogP contribution is 2.20. The molecule has 2 aromatic rings. The number of hydrogen-bond acceptors (Lipinski definition) is 6. The normalized spacial score (nSPS) is 13.4. The van der Waals surface area contributed by atoms with E-state index in [2.05, 4.69) is 10.6 Å². The number of carbonyl (C=O) groups excluding carboxylic acids is 2. The molecule has 0 fully saturated rings. The number of ether oxygens (including phenoxy) is 1. The summed E-state index contributed by atoms with van der Waals surface area (Å²) in [5.74, 6) is -0.437. The molecule has 31 heavy (non-hydrogen) atoms. The topological polar surface area (TPSA) is 108 Å². The number of carbonyl (C=O) groups is 2. The molecule has 0 aromatic heterocycles. The number of hydrogen-bond donors (Lipinski definition) is 4. The molecule has 0 bridgehead atoms. The molecule has 0 aliphatic rings. The van der Waals surface area contributed by atoms with Gasteiger partial charge in [0, 0.05) is 13.1 Å². The molecule has 0 unspecified atom stereocenters. The molecule has 0 saturated carbocycles. The minimum absolute atomic E-state index is 0.386. The summed E-state index contributed by atoms with van der Waals surface area (Å²) < 4.78 is 5.23. The molecular weight excluding hydrogens is 396 g/mol. The highest BCUT2D eigenvalue weighted by atomic mass is 16.6. The van der Waals surface area contributed by atoms with Crippen LogP contribution in [0.1, 0.15) is 38.8 Å². The van der Waals surface area contributed by atoms with Gasteiger partial charge < -0.3 is 25.6 Å². The quantitative estimate of drug-likeness (QED) is 0.489. The molecular formula is C24H32N2O5. The maximum absolute atomic E-state index is 11.8. The smallest absolute Gasteiger partial charge is 0.407 e. The first kappa shape index (κ1) is 24.5. The third kappa shape index (κ3) is 8.13. The first-order valence-electron chi connectivity index (χ1n) is 10.3. The third-order valence-corrected chi connectivity index (χ3v) is 4.59. The van der Waals surface area contributed by atoms with Crippen LogP contribution in [0.5, 0.6) is 0 Å². The Hall–Kier alpha value is -2.74. The van der Waals surface area contributed by atoms with Crippen LogP contribution in [-0.4, -0.2) is 46.4 Å². The van der Waals surface area contributed by atoms with Gasteiger partial charge in [0.05, 0.1) is 12.1 Å².